The van der Waals surface area contributed by atoms with Crippen molar-refractivity contribution in [3.8, 4) is 17.2 Å². The van der Waals surface area contributed by atoms with Gasteiger partial charge in [0.15, 0.2) is 16.3 Å². The second-order valence-corrected chi connectivity index (χ2v) is 10.0. The largest absolute Gasteiger partial charge is 0.507 e. The molecule has 2 aromatic carbocycles. The Bertz CT molecular complexity index is 1580. The third kappa shape index (κ3) is 4.68. The van der Waals surface area contributed by atoms with Crippen LogP contribution in [0.4, 0.5) is 0 Å². The van der Waals surface area contributed by atoms with E-state index in [0.717, 1.165) is 11.3 Å². The van der Waals surface area contributed by atoms with Gasteiger partial charge in [-0.3, -0.25) is 9.36 Å². The fourth-order valence-electron chi connectivity index (χ4n) is 3.95. The summed E-state index contributed by atoms with van der Waals surface area (Å²) in [5.74, 6) is 0.315. The summed E-state index contributed by atoms with van der Waals surface area (Å²) in [5.41, 5.74) is 1.24. The van der Waals surface area contributed by atoms with Gasteiger partial charge in [0.25, 0.3) is 5.56 Å². The van der Waals surface area contributed by atoms with Crippen molar-refractivity contribution in [1.29, 1.82) is 0 Å². The standard InChI is InChI=1S/C25H22BrClN2O6S/c1-5-35-24(32)21-12(2)28-25-29(22(21)15-10-18(33-3)19(34-4)11-16(15)26)23(31)20(36-25)9-13-8-14(27)6-7-17(13)30/h6-11,22,30H,5H2,1-4H3/b20-9-/t22-/m1/s1. The third-order valence-corrected chi connectivity index (χ3v) is 7.50. The molecule has 8 nitrogen and oxygen atoms in total. The number of aromatic hydroxyl groups is 1. The van der Waals surface area contributed by atoms with E-state index in [1.54, 1.807) is 44.2 Å². The van der Waals surface area contributed by atoms with E-state index in [1.807, 2.05) is 0 Å². The number of phenolic OH excluding ortho intramolecular Hbond substituents is 1. The van der Waals surface area contributed by atoms with Gasteiger partial charge in [0, 0.05) is 15.1 Å². The minimum atomic E-state index is -0.857. The number of allylic oxidation sites excluding steroid dienone is 1. The molecule has 0 fully saturated rings. The SMILES string of the molecule is CCOC(=O)C1=C(C)N=c2s/c(=C\c3cc(Cl)ccc3O)c(=O)n2[C@@H]1c1cc(OC)c(OC)cc1Br. The van der Waals surface area contributed by atoms with Crippen molar-refractivity contribution in [3.63, 3.8) is 0 Å². The Hall–Kier alpha value is -3.08. The lowest BCUT2D eigenvalue weighted by Gasteiger charge is -2.26. The van der Waals surface area contributed by atoms with Crippen LogP contribution in [0.1, 0.15) is 31.0 Å². The molecule has 0 saturated heterocycles. The molecule has 2 heterocycles. The highest BCUT2D eigenvalue weighted by atomic mass is 79.9. The molecule has 188 valence electrons. The predicted octanol–water partition coefficient (Wildman–Crippen LogP) is 3.94. The van der Waals surface area contributed by atoms with Crippen LogP contribution in [0.15, 0.2) is 55.9 Å². The Morgan fingerprint density at radius 3 is 2.61 bits per heavy atom. The zero-order valence-electron chi connectivity index (χ0n) is 19.8. The summed E-state index contributed by atoms with van der Waals surface area (Å²) in [6.45, 7) is 3.57. The molecule has 0 unspecified atom stereocenters. The fourth-order valence-corrected chi connectivity index (χ4v) is 5.70. The number of rotatable bonds is 6. The van der Waals surface area contributed by atoms with Crippen LogP contribution in [0.5, 0.6) is 17.2 Å². The van der Waals surface area contributed by atoms with Gasteiger partial charge in [-0.2, -0.15) is 0 Å². The van der Waals surface area contributed by atoms with Crippen molar-refractivity contribution in [2.24, 2.45) is 4.99 Å². The van der Waals surface area contributed by atoms with Gasteiger partial charge in [0.1, 0.15) is 5.75 Å². The van der Waals surface area contributed by atoms with Gasteiger partial charge in [-0.15, -0.1) is 0 Å². The molecule has 0 spiro atoms. The number of halogens is 2. The first-order chi connectivity index (χ1) is 17.2. The van der Waals surface area contributed by atoms with Crippen molar-refractivity contribution < 1.29 is 24.1 Å². The lowest BCUT2D eigenvalue weighted by atomic mass is 9.95. The summed E-state index contributed by atoms with van der Waals surface area (Å²) >= 11 is 10.8. The highest BCUT2D eigenvalue weighted by Gasteiger charge is 2.35. The van der Waals surface area contributed by atoms with E-state index in [-0.39, 0.29) is 23.5 Å². The first-order valence-electron chi connectivity index (χ1n) is 10.8. The molecule has 0 amide bonds. The number of phenols is 1. The quantitative estimate of drug-likeness (QED) is 0.435. The van der Waals surface area contributed by atoms with E-state index >= 15 is 0 Å². The van der Waals surface area contributed by atoms with E-state index in [2.05, 4.69) is 20.9 Å². The van der Waals surface area contributed by atoms with Gasteiger partial charge >= 0.3 is 5.97 Å². The maximum atomic E-state index is 13.7. The average Bonchev–Trinajstić information content (AvgIpc) is 3.14. The van der Waals surface area contributed by atoms with Crippen LogP contribution in [0.3, 0.4) is 0 Å². The maximum Gasteiger partial charge on any atom is 0.338 e. The summed E-state index contributed by atoms with van der Waals surface area (Å²) in [6.07, 6.45) is 1.55. The number of carbonyl (C=O) groups is 1. The minimum Gasteiger partial charge on any atom is -0.507 e. The molecule has 1 aromatic heterocycles. The Morgan fingerprint density at radius 1 is 1.25 bits per heavy atom. The van der Waals surface area contributed by atoms with Gasteiger partial charge < -0.3 is 19.3 Å². The van der Waals surface area contributed by atoms with Gasteiger partial charge in [-0.25, -0.2) is 9.79 Å². The number of hydrogen-bond acceptors (Lipinski definition) is 8. The number of thiazole rings is 1. The van der Waals surface area contributed by atoms with Gasteiger partial charge in [0.05, 0.1) is 42.7 Å². The van der Waals surface area contributed by atoms with Crippen LogP contribution in [0, 0.1) is 0 Å². The van der Waals surface area contributed by atoms with Crippen molar-refractivity contribution in [1.82, 2.24) is 4.57 Å². The number of aromatic nitrogens is 1. The van der Waals surface area contributed by atoms with Crippen LogP contribution in [-0.4, -0.2) is 36.5 Å². The number of methoxy groups -OCH3 is 2. The molecule has 0 radical (unpaired) electrons. The molecule has 1 N–H and O–H groups in total. The monoisotopic (exact) mass is 592 g/mol. The molecule has 1 aliphatic rings. The fraction of sp³-hybridized carbons (Fsp3) is 0.240. The number of benzene rings is 2. The number of hydrogen-bond donors (Lipinski definition) is 1. The van der Waals surface area contributed by atoms with Crippen molar-refractivity contribution in [3.05, 3.63) is 81.9 Å². The van der Waals surface area contributed by atoms with Crippen LogP contribution in [-0.2, 0) is 9.53 Å². The molecule has 0 saturated carbocycles. The number of ether oxygens (including phenoxy) is 3. The minimum absolute atomic E-state index is 0.0205. The number of carbonyl (C=O) groups excluding carboxylic acids is 1. The van der Waals surface area contributed by atoms with E-state index in [0.29, 0.717) is 47.2 Å². The smallest absolute Gasteiger partial charge is 0.338 e. The number of fused-ring (bicyclic) bond motifs is 1. The Balaban J connectivity index is 2.03. The normalized spacial score (nSPS) is 15.4. The van der Waals surface area contributed by atoms with Crippen molar-refractivity contribution >= 4 is 50.9 Å². The summed E-state index contributed by atoms with van der Waals surface area (Å²) in [4.78, 5) is 31.8. The summed E-state index contributed by atoms with van der Waals surface area (Å²) in [7, 11) is 3.03. The molecular formula is C25H22BrClN2O6S. The number of nitrogens with zero attached hydrogens (tertiary/aromatic N) is 2. The molecule has 4 rings (SSSR count). The third-order valence-electron chi connectivity index (χ3n) is 5.59. The Kier molecular flexibility index (Phi) is 7.58. The molecule has 3 aromatic rings. The van der Waals surface area contributed by atoms with Crippen LogP contribution < -0.4 is 24.4 Å². The summed E-state index contributed by atoms with van der Waals surface area (Å²) in [6, 6.07) is 7.14. The Morgan fingerprint density at radius 2 is 1.94 bits per heavy atom. The number of esters is 1. The first-order valence-corrected chi connectivity index (χ1v) is 12.8. The van der Waals surface area contributed by atoms with Crippen molar-refractivity contribution in [2.75, 3.05) is 20.8 Å². The lowest BCUT2D eigenvalue weighted by Crippen LogP contribution is -2.40. The molecular weight excluding hydrogens is 572 g/mol. The van der Waals surface area contributed by atoms with Gasteiger partial charge in [0.2, 0.25) is 0 Å². The van der Waals surface area contributed by atoms with E-state index in [9.17, 15) is 14.7 Å². The zero-order valence-corrected chi connectivity index (χ0v) is 23.0. The maximum absolute atomic E-state index is 13.7. The average molecular weight is 594 g/mol. The van der Waals surface area contributed by atoms with Gasteiger partial charge in [-0.05, 0) is 55.8 Å². The Labute approximate surface area is 223 Å². The zero-order chi connectivity index (χ0) is 26.1. The van der Waals surface area contributed by atoms with Gasteiger partial charge in [-0.1, -0.05) is 38.9 Å². The molecule has 36 heavy (non-hydrogen) atoms. The summed E-state index contributed by atoms with van der Waals surface area (Å²) < 4.78 is 18.6. The predicted molar refractivity (Wildman–Crippen MR) is 141 cm³/mol. The van der Waals surface area contributed by atoms with E-state index < -0.39 is 12.0 Å². The van der Waals surface area contributed by atoms with Crippen molar-refractivity contribution in [2.45, 2.75) is 19.9 Å². The molecule has 0 aliphatic carbocycles. The van der Waals surface area contributed by atoms with Crippen LogP contribution in [0.25, 0.3) is 6.08 Å². The van der Waals surface area contributed by atoms with Crippen LogP contribution in [0.2, 0.25) is 5.02 Å². The second-order valence-electron chi connectivity index (χ2n) is 7.73. The lowest BCUT2D eigenvalue weighted by molar-refractivity contribution is -0.139. The van der Waals surface area contributed by atoms with E-state index in [1.165, 1.54) is 24.9 Å². The molecule has 11 heteroatoms. The topological polar surface area (TPSA) is 99.4 Å². The highest BCUT2D eigenvalue weighted by Crippen LogP contribution is 2.40. The van der Waals surface area contributed by atoms with Crippen LogP contribution >= 0.6 is 38.9 Å². The second kappa shape index (κ2) is 10.5. The first kappa shape index (κ1) is 26.0. The van der Waals surface area contributed by atoms with E-state index in [4.69, 9.17) is 25.8 Å². The molecule has 1 atom stereocenters. The summed E-state index contributed by atoms with van der Waals surface area (Å²) in [5, 5.41) is 10.7. The molecule has 1 aliphatic heterocycles. The molecule has 0 bridgehead atoms. The highest BCUT2D eigenvalue weighted by molar-refractivity contribution is 9.10.